The molecule has 0 aromatic carbocycles. The Balaban J connectivity index is 1.89. The van der Waals surface area contributed by atoms with E-state index in [1.54, 1.807) is 0 Å². The number of hydrogen-bond donors (Lipinski definition) is 0. The highest BCUT2D eigenvalue weighted by Gasteiger charge is 2.68. The van der Waals surface area contributed by atoms with Gasteiger partial charge in [0.2, 0.25) is 0 Å². The molecule has 0 spiro atoms. The Morgan fingerprint density at radius 3 is 1.83 bits per heavy atom. The summed E-state index contributed by atoms with van der Waals surface area (Å²) < 4.78 is 0. The van der Waals surface area contributed by atoms with Crippen LogP contribution in [0.3, 0.4) is 0 Å². The summed E-state index contributed by atoms with van der Waals surface area (Å²) in [6, 6.07) is 2.35. The van der Waals surface area contributed by atoms with Crippen LogP contribution in [0.2, 0.25) is 0 Å². The Morgan fingerprint density at radius 2 is 1.42 bits per heavy atom. The summed E-state index contributed by atoms with van der Waals surface area (Å²) in [6.45, 7) is 7.16. The average Bonchev–Trinajstić information content (AvgIpc) is 2.61. The number of hydrogen-bond acceptors (Lipinski definition) is 4. The minimum atomic E-state index is 0.572. The number of fused-ring (bicyclic) bond motifs is 5. The molecule has 4 atom stereocenters. The molecule has 4 nitrogen and oxygen atoms in total. The van der Waals surface area contributed by atoms with Crippen LogP contribution >= 0.6 is 0 Å². The molecule has 4 unspecified atom stereocenters. The Kier molecular flexibility index (Phi) is 0.975. The van der Waals surface area contributed by atoms with E-state index in [9.17, 15) is 0 Å². The molecule has 3 saturated heterocycles. The van der Waals surface area contributed by atoms with Gasteiger partial charge in [0, 0.05) is 13.4 Å². The molecule has 64 valence electrons. The summed E-state index contributed by atoms with van der Waals surface area (Å²) in [5, 5.41) is 12.3. The smallest absolute Gasteiger partial charge is 0.0936 e. The molecule has 0 amide bonds. The molecular weight excluding hydrogens is 152 g/mol. The Bertz CT molecular complexity index is 233. The molecule has 3 fully saturated rings. The van der Waals surface area contributed by atoms with E-state index < -0.39 is 0 Å². The van der Waals surface area contributed by atoms with Crippen molar-refractivity contribution >= 4 is 13.4 Å². The van der Waals surface area contributed by atoms with Crippen LogP contribution in [0.5, 0.6) is 0 Å². The van der Waals surface area contributed by atoms with Gasteiger partial charge in [0.15, 0.2) is 0 Å². The second-order valence-electron chi connectivity index (χ2n) is 3.74. The van der Waals surface area contributed by atoms with E-state index in [1.165, 1.54) is 12.8 Å². The van der Waals surface area contributed by atoms with Crippen LogP contribution in [0.25, 0.3) is 0 Å². The van der Waals surface area contributed by atoms with Gasteiger partial charge in [-0.2, -0.15) is 10.2 Å². The van der Waals surface area contributed by atoms with E-state index in [-0.39, 0.29) is 0 Å². The minimum Gasteiger partial charge on any atom is -0.287 e. The topological polar surface area (TPSA) is 31.0 Å². The zero-order valence-corrected chi connectivity index (χ0v) is 6.93. The molecule has 0 radical (unpaired) electrons. The van der Waals surface area contributed by atoms with Crippen LogP contribution in [-0.4, -0.2) is 47.6 Å². The third-order valence-corrected chi connectivity index (χ3v) is 3.42. The second-order valence-corrected chi connectivity index (χ2v) is 3.74. The third-order valence-electron chi connectivity index (χ3n) is 3.42. The number of rotatable bonds is 2. The van der Waals surface area contributed by atoms with E-state index in [4.69, 9.17) is 0 Å². The molecule has 0 aromatic rings. The molecule has 0 aliphatic carbocycles. The van der Waals surface area contributed by atoms with Crippen molar-refractivity contribution in [1.29, 1.82) is 0 Å². The predicted octanol–water partition coefficient (Wildman–Crippen LogP) is 0.117. The second kappa shape index (κ2) is 1.81. The molecule has 3 aliphatic heterocycles. The van der Waals surface area contributed by atoms with E-state index >= 15 is 0 Å². The molecular formula is C8H12N4. The summed E-state index contributed by atoms with van der Waals surface area (Å²) in [5.74, 6) is 0. The zero-order chi connectivity index (χ0) is 8.29. The van der Waals surface area contributed by atoms with Crippen molar-refractivity contribution in [3.8, 4) is 0 Å². The first kappa shape index (κ1) is 6.46. The van der Waals surface area contributed by atoms with Crippen molar-refractivity contribution in [3.05, 3.63) is 0 Å². The summed E-state index contributed by atoms with van der Waals surface area (Å²) in [7, 11) is 0. The molecule has 0 aromatic heterocycles. The highest BCUT2D eigenvalue weighted by atomic mass is 15.7. The van der Waals surface area contributed by atoms with E-state index in [1.807, 2.05) is 0 Å². The van der Waals surface area contributed by atoms with Crippen molar-refractivity contribution in [2.75, 3.05) is 0 Å². The molecule has 0 saturated carbocycles. The van der Waals surface area contributed by atoms with E-state index in [0.717, 1.165) is 0 Å². The summed E-state index contributed by atoms with van der Waals surface area (Å²) in [6.07, 6.45) is 2.49. The Morgan fingerprint density at radius 1 is 0.917 bits per heavy atom. The first-order valence-electron chi connectivity index (χ1n) is 4.38. The van der Waals surface area contributed by atoms with Gasteiger partial charge in [-0.25, -0.2) is 0 Å². The monoisotopic (exact) mass is 164 g/mol. The fourth-order valence-corrected chi connectivity index (χ4v) is 2.97. The summed E-state index contributed by atoms with van der Waals surface area (Å²) >= 11 is 0. The van der Waals surface area contributed by atoms with Gasteiger partial charge in [-0.05, 0) is 12.8 Å². The van der Waals surface area contributed by atoms with Gasteiger partial charge >= 0.3 is 0 Å². The van der Waals surface area contributed by atoms with Gasteiger partial charge in [-0.1, -0.05) is 0 Å². The van der Waals surface area contributed by atoms with E-state index in [0.29, 0.717) is 24.2 Å². The maximum absolute atomic E-state index is 4.06. The highest BCUT2D eigenvalue weighted by Crippen LogP contribution is 2.52. The van der Waals surface area contributed by atoms with Crippen LogP contribution in [0.15, 0.2) is 10.2 Å². The first-order valence-corrected chi connectivity index (χ1v) is 4.38. The number of hydrazone groups is 2. The van der Waals surface area contributed by atoms with Gasteiger partial charge in [0.05, 0.1) is 24.2 Å². The molecule has 0 N–H and O–H groups in total. The standard InChI is InChI=1S/C8H12N4/c1-9-11-5-3-4-6(11)8-7(5)12(8)10-2/h5-8H,1-4H2. The Hall–Kier alpha value is -1.06. The van der Waals surface area contributed by atoms with Crippen molar-refractivity contribution in [1.82, 2.24) is 10.0 Å². The minimum absolute atomic E-state index is 0.572. The van der Waals surface area contributed by atoms with Crippen LogP contribution in [0, 0.1) is 0 Å². The normalized spacial score (nSPS) is 47.7. The molecule has 12 heavy (non-hydrogen) atoms. The largest absolute Gasteiger partial charge is 0.287 e. The lowest BCUT2D eigenvalue weighted by Gasteiger charge is -2.22. The highest BCUT2D eigenvalue weighted by molar-refractivity contribution is 5.31. The lowest BCUT2D eigenvalue weighted by molar-refractivity contribution is 0.192. The van der Waals surface area contributed by atoms with Crippen molar-refractivity contribution < 1.29 is 0 Å². The fourth-order valence-electron chi connectivity index (χ4n) is 2.97. The van der Waals surface area contributed by atoms with Crippen LogP contribution in [0.1, 0.15) is 12.8 Å². The number of nitrogens with zero attached hydrogens (tertiary/aromatic N) is 4. The zero-order valence-electron chi connectivity index (χ0n) is 6.93. The van der Waals surface area contributed by atoms with Crippen LogP contribution in [0.4, 0.5) is 0 Å². The van der Waals surface area contributed by atoms with Gasteiger partial charge < -0.3 is 0 Å². The van der Waals surface area contributed by atoms with Gasteiger partial charge in [0.1, 0.15) is 0 Å². The van der Waals surface area contributed by atoms with Crippen LogP contribution in [-0.2, 0) is 0 Å². The molecule has 4 heteroatoms. The van der Waals surface area contributed by atoms with Gasteiger partial charge in [-0.15, -0.1) is 0 Å². The predicted molar refractivity (Wildman–Crippen MR) is 47.2 cm³/mol. The SMILES string of the molecule is C=NN1C2CCC1C1C2N1N=C. The summed E-state index contributed by atoms with van der Waals surface area (Å²) in [4.78, 5) is 0. The van der Waals surface area contributed by atoms with Crippen LogP contribution < -0.4 is 0 Å². The molecule has 3 aliphatic rings. The van der Waals surface area contributed by atoms with Crippen molar-refractivity contribution in [3.63, 3.8) is 0 Å². The quantitative estimate of drug-likeness (QED) is 0.428. The fraction of sp³-hybridized carbons (Fsp3) is 0.750. The molecule has 3 rings (SSSR count). The average molecular weight is 164 g/mol. The lowest BCUT2D eigenvalue weighted by atomic mass is 10.0. The van der Waals surface area contributed by atoms with Gasteiger partial charge in [0.25, 0.3) is 0 Å². The molecule has 3 heterocycles. The first-order chi connectivity index (χ1) is 5.88. The Labute approximate surface area is 71.5 Å². The van der Waals surface area contributed by atoms with Crippen molar-refractivity contribution in [2.24, 2.45) is 10.2 Å². The lowest BCUT2D eigenvalue weighted by Crippen LogP contribution is -2.32. The maximum atomic E-state index is 4.06. The molecule has 2 bridgehead atoms. The van der Waals surface area contributed by atoms with E-state index in [2.05, 4.69) is 33.7 Å². The van der Waals surface area contributed by atoms with Crippen molar-refractivity contribution in [2.45, 2.75) is 37.0 Å². The maximum Gasteiger partial charge on any atom is 0.0936 e. The summed E-state index contributed by atoms with van der Waals surface area (Å²) in [5.41, 5.74) is 0. The van der Waals surface area contributed by atoms with Gasteiger partial charge in [-0.3, -0.25) is 10.0 Å². The number of piperazine rings is 1. The third kappa shape index (κ3) is 0.489.